The van der Waals surface area contributed by atoms with Crippen molar-refractivity contribution in [3.05, 3.63) is 24.2 Å². The molecule has 0 heterocycles. The molecule has 0 saturated carbocycles. The molecule has 6 nitrogen and oxygen atoms in total. The molecular weight excluding hydrogens is 246 g/mol. The SMILES string of the molecule is [2H]c1cc(OC)ccc1S(=O)(=O)C[C@H](N)C(=O)O. The van der Waals surface area contributed by atoms with Gasteiger partial charge < -0.3 is 15.6 Å². The fourth-order valence-electron chi connectivity index (χ4n) is 1.11. The van der Waals surface area contributed by atoms with Gasteiger partial charge in [0.25, 0.3) is 0 Å². The number of carboxylic acid groups (broad SMARTS) is 1. The van der Waals surface area contributed by atoms with Crippen molar-refractivity contribution in [2.75, 3.05) is 12.9 Å². The van der Waals surface area contributed by atoms with E-state index in [0.29, 0.717) is 5.75 Å². The Hall–Kier alpha value is -1.60. The molecule has 0 bridgehead atoms. The van der Waals surface area contributed by atoms with Crippen molar-refractivity contribution in [2.24, 2.45) is 5.73 Å². The third kappa shape index (κ3) is 3.43. The van der Waals surface area contributed by atoms with Crippen LogP contribution in [0, 0.1) is 0 Å². The largest absolute Gasteiger partial charge is 0.497 e. The van der Waals surface area contributed by atoms with Crippen LogP contribution < -0.4 is 10.5 Å². The van der Waals surface area contributed by atoms with E-state index in [-0.39, 0.29) is 10.9 Å². The van der Waals surface area contributed by atoms with E-state index >= 15 is 0 Å². The van der Waals surface area contributed by atoms with E-state index in [1.54, 1.807) is 0 Å². The lowest BCUT2D eigenvalue weighted by molar-refractivity contribution is -0.137. The summed E-state index contributed by atoms with van der Waals surface area (Å²) in [4.78, 5) is 10.3. The molecule has 0 aromatic heterocycles. The normalized spacial score (nSPS) is 13.9. The quantitative estimate of drug-likeness (QED) is 0.764. The number of benzene rings is 1. The number of sulfone groups is 1. The lowest BCUT2D eigenvalue weighted by Crippen LogP contribution is -2.37. The van der Waals surface area contributed by atoms with Gasteiger partial charge in [-0.1, -0.05) is 0 Å². The molecule has 0 aliphatic heterocycles. The van der Waals surface area contributed by atoms with Crippen LogP contribution in [0.25, 0.3) is 0 Å². The number of carbonyl (C=O) groups is 1. The zero-order valence-corrected chi connectivity index (χ0v) is 9.90. The Morgan fingerprint density at radius 2 is 2.24 bits per heavy atom. The summed E-state index contributed by atoms with van der Waals surface area (Å²) in [6, 6.07) is 2.05. The van der Waals surface area contributed by atoms with Gasteiger partial charge in [0, 0.05) is 0 Å². The summed E-state index contributed by atoms with van der Waals surface area (Å²) in [7, 11) is -2.52. The number of rotatable bonds is 5. The Balaban J connectivity index is 3.09. The van der Waals surface area contributed by atoms with E-state index in [1.807, 2.05) is 0 Å². The Kier molecular flexibility index (Phi) is 3.60. The van der Waals surface area contributed by atoms with Crippen molar-refractivity contribution < 1.29 is 24.4 Å². The molecule has 0 unspecified atom stereocenters. The van der Waals surface area contributed by atoms with Crippen LogP contribution >= 0.6 is 0 Å². The minimum atomic E-state index is -3.91. The summed E-state index contributed by atoms with van der Waals surface area (Å²) in [5.41, 5.74) is 5.18. The minimum Gasteiger partial charge on any atom is -0.497 e. The zero-order valence-electron chi connectivity index (χ0n) is 10.1. The highest BCUT2D eigenvalue weighted by Crippen LogP contribution is 2.17. The third-order valence-corrected chi connectivity index (χ3v) is 3.76. The van der Waals surface area contributed by atoms with Crippen molar-refractivity contribution in [3.63, 3.8) is 0 Å². The van der Waals surface area contributed by atoms with Crippen LogP contribution in [-0.4, -0.2) is 38.4 Å². The molecule has 17 heavy (non-hydrogen) atoms. The maximum atomic E-state index is 11.9. The molecule has 94 valence electrons. The van der Waals surface area contributed by atoms with Crippen molar-refractivity contribution in [1.29, 1.82) is 0 Å². The number of hydrogen-bond donors (Lipinski definition) is 2. The second kappa shape index (κ2) is 5.15. The van der Waals surface area contributed by atoms with E-state index < -0.39 is 27.6 Å². The number of hydrogen-bond acceptors (Lipinski definition) is 5. The Labute approximate surface area is 100 Å². The Morgan fingerprint density at radius 1 is 1.59 bits per heavy atom. The molecule has 7 heteroatoms. The van der Waals surface area contributed by atoms with Crippen LogP contribution in [0.1, 0.15) is 1.37 Å². The van der Waals surface area contributed by atoms with Gasteiger partial charge >= 0.3 is 5.97 Å². The third-order valence-electron chi connectivity index (χ3n) is 2.04. The van der Waals surface area contributed by atoms with Gasteiger partial charge in [0.15, 0.2) is 9.84 Å². The van der Waals surface area contributed by atoms with Crippen LogP contribution in [0.4, 0.5) is 0 Å². The molecule has 1 aromatic rings. The van der Waals surface area contributed by atoms with E-state index in [4.69, 9.17) is 16.9 Å². The number of carboxylic acids is 1. The molecular formula is C10H13NO5S. The van der Waals surface area contributed by atoms with Crippen LogP contribution in [-0.2, 0) is 14.6 Å². The molecule has 0 aliphatic carbocycles. The molecule has 0 spiro atoms. The zero-order chi connectivity index (χ0) is 13.9. The van der Waals surface area contributed by atoms with E-state index in [9.17, 15) is 13.2 Å². The lowest BCUT2D eigenvalue weighted by Gasteiger charge is -2.08. The van der Waals surface area contributed by atoms with Crippen molar-refractivity contribution in [2.45, 2.75) is 10.9 Å². The molecule has 0 radical (unpaired) electrons. The van der Waals surface area contributed by atoms with Crippen LogP contribution in [0.2, 0.25) is 0 Å². The van der Waals surface area contributed by atoms with Gasteiger partial charge in [0.1, 0.15) is 11.8 Å². The van der Waals surface area contributed by atoms with Gasteiger partial charge in [0.05, 0.1) is 19.1 Å². The summed E-state index contributed by atoms with van der Waals surface area (Å²) in [5.74, 6) is -1.80. The van der Waals surface area contributed by atoms with Crippen molar-refractivity contribution >= 4 is 15.8 Å². The fraction of sp³-hybridized carbons (Fsp3) is 0.300. The Morgan fingerprint density at radius 3 is 2.71 bits per heavy atom. The summed E-state index contributed by atoms with van der Waals surface area (Å²) in [6.45, 7) is 0. The Bertz CT molecular complexity index is 557. The molecule has 0 fully saturated rings. The molecule has 1 atom stereocenters. The topological polar surface area (TPSA) is 107 Å². The highest BCUT2D eigenvalue weighted by molar-refractivity contribution is 7.91. The summed E-state index contributed by atoms with van der Waals surface area (Å²) in [6.07, 6.45) is 0. The first-order valence-electron chi connectivity index (χ1n) is 5.13. The highest BCUT2D eigenvalue weighted by atomic mass is 32.2. The summed E-state index contributed by atoms with van der Waals surface area (Å²) >= 11 is 0. The first-order valence-corrected chi connectivity index (χ1v) is 6.29. The predicted molar refractivity (Wildman–Crippen MR) is 60.7 cm³/mol. The molecule has 1 rings (SSSR count). The van der Waals surface area contributed by atoms with Crippen molar-refractivity contribution in [1.82, 2.24) is 0 Å². The fourth-order valence-corrected chi connectivity index (χ4v) is 2.42. The van der Waals surface area contributed by atoms with E-state index in [2.05, 4.69) is 0 Å². The maximum absolute atomic E-state index is 11.9. The maximum Gasteiger partial charge on any atom is 0.321 e. The van der Waals surface area contributed by atoms with Gasteiger partial charge in [-0.3, -0.25) is 4.79 Å². The van der Waals surface area contributed by atoms with E-state index in [0.717, 1.165) is 0 Å². The number of methoxy groups -OCH3 is 1. The second-order valence-electron chi connectivity index (χ2n) is 3.32. The minimum absolute atomic E-state index is 0.257. The summed E-state index contributed by atoms with van der Waals surface area (Å²) in [5, 5.41) is 8.59. The molecule has 0 amide bonds. The van der Waals surface area contributed by atoms with Gasteiger partial charge in [-0.25, -0.2) is 8.42 Å². The lowest BCUT2D eigenvalue weighted by atomic mass is 10.3. The molecule has 3 N–H and O–H groups in total. The monoisotopic (exact) mass is 260 g/mol. The predicted octanol–water partition coefficient (Wildman–Crippen LogP) is -0.119. The standard InChI is InChI=1S/C10H13NO5S/c1-16-7-2-4-8(5-3-7)17(14,15)6-9(11)10(12)13/h2-5,9H,6,11H2,1H3,(H,12,13)/t9-/m0/s1/i4D. The first-order chi connectivity index (χ1) is 8.27. The van der Waals surface area contributed by atoms with Gasteiger partial charge in [-0.15, -0.1) is 0 Å². The second-order valence-corrected chi connectivity index (χ2v) is 5.32. The average Bonchev–Trinajstić information content (AvgIpc) is 2.27. The van der Waals surface area contributed by atoms with Crippen LogP contribution in [0.5, 0.6) is 5.75 Å². The molecule has 1 aromatic carbocycles. The number of ether oxygens (including phenoxy) is 1. The van der Waals surface area contributed by atoms with Gasteiger partial charge in [-0.05, 0) is 24.2 Å². The van der Waals surface area contributed by atoms with Gasteiger partial charge in [0.2, 0.25) is 0 Å². The highest BCUT2D eigenvalue weighted by Gasteiger charge is 2.23. The van der Waals surface area contributed by atoms with Crippen LogP contribution in [0.3, 0.4) is 0 Å². The van der Waals surface area contributed by atoms with Crippen molar-refractivity contribution in [3.8, 4) is 5.75 Å². The number of nitrogens with two attached hydrogens (primary N) is 1. The smallest absolute Gasteiger partial charge is 0.321 e. The van der Waals surface area contributed by atoms with Gasteiger partial charge in [-0.2, -0.15) is 0 Å². The van der Waals surface area contributed by atoms with E-state index in [1.165, 1.54) is 25.3 Å². The summed E-state index contributed by atoms with van der Waals surface area (Å²) < 4.78 is 36.1. The number of aliphatic carboxylic acids is 1. The first kappa shape index (κ1) is 11.9. The van der Waals surface area contributed by atoms with Crippen LogP contribution in [0.15, 0.2) is 29.1 Å². The average molecular weight is 260 g/mol. The molecule has 0 aliphatic rings. The molecule has 0 saturated heterocycles.